The Morgan fingerprint density at radius 3 is 1.56 bits per heavy atom. The first-order valence-corrected chi connectivity index (χ1v) is 18.8. The van der Waals surface area contributed by atoms with Crippen LogP contribution in [0.2, 0.25) is 10.5 Å². The summed E-state index contributed by atoms with van der Waals surface area (Å²) in [6, 6.07) is 0. The Morgan fingerprint density at radius 2 is 1.44 bits per heavy atom. The topological polar surface area (TPSA) is 0 Å². The van der Waals surface area contributed by atoms with Gasteiger partial charge in [-0.2, -0.15) is 0 Å². The van der Waals surface area contributed by atoms with Crippen molar-refractivity contribution in [3.63, 3.8) is 0 Å². The fraction of sp³-hybridized carbons (Fsp3) is 0.667. The number of hydrogen-bond acceptors (Lipinski definition) is 0. The van der Waals surface area contributed by atoms with Crippen molar-refractivity contribution in [2.24, 2.45) is 0 Å². The zero-order valence-corrected chi connectivity index (χ0v) is 12.1. The summed E-state index contributed by atoms with van der Waals surface area (Å²) in [5.41, 5.74) is 3.36. The van der Waals surface area contributed by atoms with Crippen LogP contribution >= 0.6 is 40.4 Å². The number of allylic oxidation sites excluding steroid dienone is 2. The number of hydrogen-bond donors (Lipinski definition) is 0. The molecule has 9 heavy (non-hydrogen) atoms. The summed E-state index contributed by atoms with van der Waals surface area (Å²) >= 11 is 5.46. The first-order valence-electron chi connectivity index (χ1n) is 3.04. The van der Waals surface area contributed by atoms with Crippen molar-refractivity contribution in [2.75, 3.05) is 0 Å². The molecule has 1 rings (SSSR count). The summed E-state index contributed by atoms with van der Waals surface area (Å²) in [5.74, 6) is 0. The van der Waals surface area contributed by atoms with Crippen LogP contribution in [-0.2, 0) is 0 Å². The summed E-state index contributed by atoms with van der Waals surface area (Å²) < 4.78 is 0. The fourth-order valence-electron chi connectivity index (χ4n) is 1.14. The maximum absolute atomic E-state index is 2.73. The van der Waals surface area contributed by atoms with Gasteiger partial charge in [-0.3, -0.25) is 0 Å². The summed E-state index contributed by atoms with van der Waals surface area (Å²) in [6.45, 7) is 3.33. The Morgan fingerprint density at radius 1 is 1.11 bits per heavy atom. The SMILES string of the molecule is CC1=C(C)[CH2][Ge]([I])([I])[CH2]1. The van der Waals surface area contributed by atoms with Crippen molar-refractivity contribution in [3.05, 3.63) is 11.1 Å². The van der Waals surface area contributed by atoms with Gasteiger partial charge in [0, 0.05) is 0 Å². The van der Waals surface area contributed by atoms with Crippen LogP contribution in [0, 0.1) is 0 Å². The first-order chi connectivity index (χ1) is 4.01. The third-order valence-electron chi connectivity index (χ3n) is 1.78. The van der Waals surface area contributed by atoms with Gasteiger partial charge in [-0.15, -0.1) is 0 Å². The van der Waals surface area contributed by atoms with Gasteiger partial charge in [0.05, 0.1) is 0 Å². The van der Waals surface area contributed by atoms with E-state index in [4.69, 9.17) is 0 Å². The summed E-state index contributed by atoms with van der Waals surface area (Å²) in [6.07, 6.45) is 0. The van der Waals surface area contributed by atoms with E-state index in [1.165, 1.54) is 10.5 Å². The van der Waals surface area contributed by atoms with Crippen LogP contribution in [-0.4, -0.2) is 6.65 Å². The van der Waals surface area contributed by atoms with E-state index < -0.39 is 6.65 Å². The predicted octanol–water partition coefficient (Wildman–Crippen LogP) is 3.65. The second-order valence-electron chi connectivity index (χ2n) is 2.77. The molecule has 0 saturated heterocycles. The Balaban J connectivity index is 2.70. The van der Waals surface area contributed by atoms with Crippen LogP contribution in [0.25, 0.3) is 0 Å². The second-order valence-corrected chi connectivity index (χ2v) is 40.0. The number of halogens is 2. The van der Waals surface area contributed by atoms with E-state index in [0.29, 0.717) is 0 Å². The Bertz CT molecular complexity index is 144. The third kappa shape index (κ3) is 2.36. The molecule has 0 N–H and O–H groups in total. The minimum absolute atomic E-state index is 1.26. The summed E-state index contributed by atoms with van der Waals surface area (Å²) in [4.78, 5) is 0. The molecule has 0 amide bonds. The average molecular weight is 409 g/mol. The van der Waals surface area contributed by atoms with Crippen molar-refractivity contribution in [2.45, 2.75) is 24.4 Å². The van der Waals surface area contributed by atoms with E-state index in [-0.39, 0.29) is 0 Å². The quantitative estimate of drug-likeness (QED) is 0.326. The third-order valence-corrected chi connectivity index (χ3v) is 14.1. The van der Waals surface area contributed by atoms with E-state index in [1.807, 2.05) is 0 Å². The Hall–Kier alpha value is 1.74. The first kappa shape index (κ1) is 8.84. The van der Waals surface area contributed by atoms with Gasteiger partial charge >= 0.3 is 82.6 Å². The van der Waals surface area contributed by atoms with E-state index >= 15 is 0 Å². The predicted molar refractivity (Wildman–Crippen MR) is 61.8 cm³/mol. The van der Waals surface area contributed by atoms with Gasteiger partial charge in [-0.25, -0.2) is 0 Å². The maximum atomic E-state index is 2.73. The van der Waals surface area contributed by atoms with E-state index in [0.717, 1.165) is 0 Å². The zero-order chi connectivity index (χ0) is 7.07. The fourth-order valence-corrected chi connectivity index (χ4v) is 17.8. The summed E-state index contributed by atoms with van der Waals surface area (Å²) in [7, 11) is 0. The molecule has 52 valence electrons. The number of rotatable bonds is 0. The molecule has 3 heteroatoms. The van der Waals surface area contributed by atoms with Gasteiger partial charge in [0.25, 0.3) is 0 Å². The molecule has 0 fully saturated rings. The van der Waals surface area contributed by atoms with E-state index in [2.05, 4.69) is 54.3 Å². The molecule has 0 bridgehead atoms. The van der Waals surface area contributed by atoms with Gasteiger partial charge in [-0.05, 0) is 0 Å². The monoisotopic (exact) mass is 410 g/mol. The Kier molecular flexibility index (Phi) is 2.95. The van der Waals surface area contributed by atoms with E-state index in [9.17, 15) is 0 Å². The summed E-state index contributed by atoms with van der Waals surface area (Å²) in [5, 5.41) is 2.93. The minimum atomic E-state index is -1.26. The van der Waals surface area contributed by atoms with Gasteiger partial charge < -0.3 is 0 Å². The van der Waals surface area contributed by atoms with E-state index in [1.54, 1.807) is 11.1 Å². The van der Waals surface area contributed by atoms with Crippen molar-refractivity contribution in [3.8, 4) is 0 Å². The van der Waals surface area contributed by atoms with Crippen LogP contribution in [0.15, 0.2) is 11.1 Å². The molecule has 0 radical (unpaired) electrons. The molecule has 0 nitrogen and oxygen atoms in total. The average Bonchev–Trinajstić information content (AvgIpc) is 1.79. The van der Waals surface area contributed by atoms with Crippen LogP contribution in [0.3, 0.4) is 0 Å². The van der Waals surface area contributed by atoms with Crippen LogP contribution < -0.4 is 0 Å². The molecule has 0 aromatic rings. The second kappa shape index (κ2) is 3.00. The molecule has 0 spiro atoms. The van der Waals surface area contributed by atoms with Crippen LogP contribution in [0.5, 0.6) is 0 Å². The molecule has 0 unspecified atom stereocenters. The molecule has 1 heterocycles. The Labute approximate surface area is 81.4 Å². The van der Waals surface area contributed by atoms with Crippen molar-refractivity contribution in [1.82, 2.24) is 0 Å². The molecule has 0 atom stereocenters. The van der Waals surface area contributed by atoms with Crippen molar-refractivity contribution in [1.29, 1.82) is 0 Å². The van der Waals surface area contributed by atoms with Gasteiger partial charge in [-0.1, -0.05) is 0 Å². The molecular weight excluding hydrogens is 398 g/mol. The molecule has 1 aliphatic heterocycles. The molecule has 1 aliphatic rings. The van der Waals surface area contributed by atoms with Gasteiger partial charge in [0.2, 0.25) is 0 Å². The normalized spacial score (nSPS) is 25.3. The van der Waals surface area contributed by atoms with Crippen molar-refractivity contribution >= 4 is 47.1 Å². The van der Waals surface area contributed by atoms with Gasteiger partial charge in [0.15, 0.2) is 0 Å². The van der Waals surface area contributed by atoms with Crippen LogP contribution in [0.4, 0.5) is 0 Å². The molecular formula is C6H10GeI2. The standard InChI is InChI=1S/C6H10GeI2/c1-5-3-7(8,9)4-6(5)2/h3-4H2,1-2H3. The molecule has 0 saturated carbocycles. The van der Waals surface area contributed by atoms with Gasteiger partial charge in [0.1, 0.15) is 0 Å². The molecule has 0 aromatic heterocycles. The van der Waals surface area contributed by atoms with Crippen molar-refractivity contribution < 1.29 is 0 Å². The zero-order valence-electron chi connectivity index (χ0n) is 5.67. The molecule has 0 aliphatic carbocycles. The van der Waals surface area contributed by atoms with Crippen LogP contribution in [0.1, 0.15) is 13.8 Å². The molecule has 0 aromatic carbocycles.